The van der Waals surface area contributed by atoms with E-state index < -0.39 is 30.7 Å². The predicted molar refractivity (Wildman–Crippen MR) is 228 cm³/mol. The van der Waals surface area contributed by atoms with Crippen LogP contribution in [0.4, 0.5) is 9.59 Å². The number of benzene rings is 1. The van der Waals surface area contributed by atoms with Gasteiger partial charge in [0.1, 0.15) is 29.5 Å². The van der Waals surface area contributed by atoms with E-state index in [1.54, 1.807) is 16.0 Å². The molecule has 14 heteroatoms. The Kier molecular flexibility index (Phi) is 11.0. The van der Waals surface area contributed by atoms with Gasteiger partial charge in [-0.2, -0.15) is 0 Å². The van der Waals surface area contributed by atoms with Crippen LogP contribution in [0.2, 0.25) is 25.7 Å². The smallest absolute Gasteiger partial charge is 0.410 e. The molecule has 13 nitrogen and oxygen atoms in total. The number of nitrogens with zero attached hydrogens (tertiary/aromatic N) is 7. The summed E-state index contributed by atoms with van der Waals surface area (Å²) < 4.78 is 14.1. The molecule has 1 aromatic carbocycles. The Bertz CT molecular complexity index is 2280. The van der Waals surface area contributed by atoms with Gasteiger partial charge in [0.25, 0.3) is 0 Å². The van der Waals surface area contributed by atoms with Crippen LogP contribution in [0.25, 0.3) is 44.7 Å². The van der Waals surface area contributed by atoms with Crippen molar-refractivity contribution in [1.29, 1.82) is 0 Å². The van der Waals surface area contributed by atoms with E-state index in [1.807, 2.05) is 57.6 Å². The first-order chi connectivity index (χ1) is 27.3. The van der Waals surface area contributed by atoms with Crippen LogP contribution < -0.4 is 0 Å². The summed E-state index contributed by atoms with van der Waals surface area (Å²) in [6.45, 7) is 20.9. The number of aromatic amines is 1. The number of H-pyrrole nitrogens is 1. The summed E-state index contributed by atoms with van der Waals surface area (Å²) in [4.78, 5) is 51.7. The van der Waals surface area contributed by atoms with Gasteiger partial charge < -0.3 is 24.1 Å². The number of likely N-dealkylation sites (tertiary alicyclic amines) is 2. The summed E-state index contributed by atoms with van der Waals surface area (Å²) in [5, 5.41) is 11.4. The molecular weight excluding hydrogens is 749 g/mol. The molecule has 0 spiro atoms. The maximum Gasteiger partial charge on any atom is 0.410 e. The lowest BCUT2D eigenvalue weighted by Gasteiger charge is -2.46. The van der Waals surface area contributed by atoms with Crippen LogP contribution in [0.1, 0.15) is 84.9 Å². The zero-order chi connectivity index (χ0) is 41.6. The van der Waals surface area contributed by atoms with Gasteiger partial charge in [0.05, 0.1) is 41.0 Å². The molecule has 2 amide bonds. The number of rotatable bonds is 10. The minimum Gasteiger partial charge on any atom is -0.465 e. The maximum atomic E-state index is 12.9. The van der Waals surface area contributed by atoms with Crippen LogP contribution in [0.15, 0.2) is 61.2 Å². The van der Waals surface area contributed by atoms with Crippen LogP contribution in [-0.2, 0) is 21.7 Å². The molecule has 0 radical (unpaired) electrons. The average molecular weight is 807 g/mol. The molecule has 2 aliphatic rings. The van der Waals surface area contributed by atoms with Crippen molar-refractivity contribution in [2.45, 2.75) is 117 Å². The standard InChI is InChI=1S/C44H58N8O5Si/c1-42(2,3)44(17-11-19-52(44)40(53)54)39-48-27-37(51(39)28-56-20-21-58(7,8)9)32-22-29-13-14-30(23-34(29)46-25-32)33-16-15-31(24-45-33)35-26-47-38(49-35)36-12-10-18-50(36)41(55)57-43(4,5)6/h13-16,22-27,36H,10-12,17-21,28H2,1-9H3,(H,47,49)(H,53,54)/t36-,44+/m0/s1. The Balaban J connectivity index is 1.14. The first kappa shape index (κ1) is 41.1. The number of fused-ring (bicyclic) bond motifs is 1. The number of aromatic nitrogens is 6. The van der Waals surface area contributed by atoms with Crippen molar-refractivity contribution in [3.05, 3.63) is 72.8 Å². The van der Waals surface area contributed by atoms with Crippen LogP contribution in [0.5, 0.6) is 0 Å². The summed E-state index contributed by atoms with van der Waals surface area (Å²) >= 11 is 0. The van der Waals surface area contributed by atoms with Crippen molar-refractivity contribution in [1.82, 2.24) is 39.3 Å². The van der Waals surface area contributed by atoms with Crippen LogP contribution in [0.3, 0.4) is 0 Å². The van der Waals surface area contributed by atoms with Crippen molar-refractivity contribution in [2.75, 3.05) is 19.7 Å². The van der Waals surface area contributed by atoms with Crippen LogP contribution in [0, 0.1) is 5.41 Å². The summed E-state index contributed by atoms with van der Waals surface area (Å²) in [5.74, 6) is 1.45. The molecule has 0 unspecified atom stereocenters. The molecule has 2 N–H and O–H groups in total. The third-order valence-electron chi connectivity index (χ3n) is 11.4. The van der Waals surface area contributed by atoms with Crippen molar-refractivity contribution >= 4 is 31.2 Å². The fourth-order valence-electron chi connectivity index (χ4n) is 8.41. The van der Waals surface area contributed by atoms with Crippen molar-refractivity contribution in [3.8, 4) is 33.8 Å². The van der Waals surface area contributed by atoms with Crippen LogP contribution in [-0.4, -0.2) is 90.0 Å². The topological polar surface area (TPSA) is 152 Å². The SMILES string of the molecule is CC(C)(C)OC(=O)N1CCC[C@H]1c1ncc(-c2ccc(-c3ccc4cc(-c5cnc([C@@]6(C(C)(C)C)CCCN6C(=O)O)n5COCC[Si](C)(C)C)cnc4c3)nc2)[nH]1. The summed E-state index contributed by atoms with van der Waals surface area (Å²) in [6, 6.07) is 13.1. The van der Waals surface area contributed by atoms with Gasteiger partial charge in [-0.05, 0) is 82.2 Å². The van der Waals surface area contributed by atoms with Crippen molar-refractivity contribution < 1.29 is 24.2 Å². The summed E-state index contributed by atoms with van der Waals surface area (Å²) in [7, 11) is -1.33. The highest BCUT2D eigenvalue weighted by molar-refractivity contribution is 6.76. The van der Waals surface area contributed by atoms with E-state index in [1.165, 1.54) is 0 Å². The first-order valence-corrected chi connectivity index (χ1v) is 24.1. The largest absolute Gasteiger partial charge is 0.465 e. The molecule has 0 aliphatic carbocycles. The molecule has 6 heterocycles. The molecule has 4 aromatic heterocycles. The summed E-state index contributed by atoms with van der Waals surface area (Å²) in [5.41, 5.74) is 4.22. The maximum absolute atomic E-state index is 12.9. The number of nitrogens with one attached hydrogen (secondary N) is 1. The monoisotopic (exact) mass is 806 g/mol. The molecule has 2 saturated heterocycles. The molecule has 7 rings (SSSR count). The van der Waals surface area contributed by atoms with E-state index in [0.29, 0.717) is 31.9 Å². The van der Waals surface area contributed by atoms with Crippen molar-refractivity contribution in [3.63, 3.8) is 0 Å². The minimum absolute atomic E-state index is 0.160. The number of carbonyl (C=O) groups is 2. The van der Waals surface area contributed by atoms with E-state index in [-0.39, 0.29) is 18.9 Å². The molecule has 58 heavy (non-hydrogen) atoms. The second-order valence-corrected chi connectivity index (χ2v) is 24.6. The Morgan fingerprint density at radius 3 is 2.34 bits per heavy atom. The quantitative estimate of drug-likeness (QED) is 0.104. The zero-order valence-corrected chi connectivity index (χ0v) is 36.4. The van der Waals surface area contributed by atoms with E-state index >= 15 is 0 Å². The highest BCUT2D eigenvalue weighted by Crippen LogP contribution is 2.51. The summed E-state index contributed by atoms with van der Waals surface area (Å²) in [6.07, 6.45) is 9.24. The lowest BCUT2D eigenvalue weighted by atomic mass is 9.71. The van der Waals surface area contributed by atoms with Gasteiger partial charge in [0.2, 0.25) is 0 Å². The highest BCUT2D eigenvalue weighted by atomic mass is 28.3. The van der Waals surface area contributed by atoms with E-state index in [4.69, 9.17) is 24.4 Å². The van der Waals surface area contributed by atoms with Gasteiger partial charge >= 0.3 is 12.2 Å². The number of carboxylic acid groups (broad SMARTS) is 1. The van der Waals surface area contributed by atoms with Gasteiger partial charge in [-0.1, -0.05) is 52.5 Å². The first-order valence-electron chi connectivity index (χ1n) is 20.4. The Morgan fingerprint density at radius 2 is 1.66 bits per heavy atom. The third-order valence-corrected chi connectivity index (χ3v) is 13.1. The van der Waals surface area contributed by atoms with Gasteiger partial charge in [0, 0.05) is 62.2 Å². The molecule has 2 fully saturated rings. The lowest BCUT2D eigenvalue weighted by molar-refractivity contribution is 0.00957. The molecule has 5 aromatic rings. The van der Waals surface area contributed by atoms with E-state index in [0.717, 1.165) is 75.8 Å². The second kappa shape index (κ2) is 15.6. The fraction of sp³-hybridized carbons (Fsp3) is 0.500. The molecule has 0 bridgehead atoms. The van der Waals surface area contributed by atoms with Gasteiger partial charge in [-0.3, -0.25) is 19.8 Å². The highest BCUT2D eigenvalue weighted by Gasteiger charge is 2.56. The second-order valence-electron chi connectivity index (χ2n) is 19.0. The number of hydrogen-bond acceptors (Lipinski definition) is 8. The number of ether oxygens (including phenoxy) is 2. The lowest BCUT2D eigenvalue weighted by Crippen LogP contribution is -2.54. The minimum atomic E-state index is -1.33. The number of carbonyl (C=O) groups excluding carboxylic acids is 1. The van der Waals surface area contributed by atoms with Gasteiger partial charge in [-0.15, -0.1) is 0 Å². The molecule has 2 atom stereocenters. The number of imidazole rings is 2. The zero-order valence-electron chi connectivity index (χ0n) is 35.4. The molecule has 2 aliphatic heterocycles. The van der Waals surface area contributed by atoms with Gasteiger partial charge in [-0.25, -0.2) is 19.6 Å². The number of pyridine rings is 2. The molecule has 308 valence electrons. The number of hydrogen-bond donors (Lipinski definition) is 2. The number of amides is 2. The molecule has 0 saturated carbocycles. The predicted octanol–water partition coefficient (Wildman–Crippen LogP) is 9.95. The van der Waals surface area contributed by atoms with E-state index in [2.05, 4.69) is 73.1 Å². The van der Waals surface area contributed by atoms with Crippen LogP contribution >= 0.6 is 0 Å². The fourth-order valence-corrected chi connectivity index (χ4v) is 9.17. The Morgan fingerprint density at radius 1 is 0.897 bits per heavy atom. The van der Waals surface area contributed by atoms with Gasteiger partial charge in [0.15, 0.2) is 0 Å². The Hall–Kier alpha value is -5.08. The third kappa shape index (κ3) is 8.26. The molecular formula is C44H58N8O5Si. The van der Waals surface area contributed by atoms with Crippen molar-refractivity contribution in [2.24, 2.45) is 5.41 Å². The Labute approximate surface area is 342 Å². The normalized spacial score (nSPS) is 19.0. The van der Waals surface area contributed by atoms with E-state index in [9.17, 15) is 14.7 Å². The average Bonchev–Trinajstić information content (AvgIpc) is 3.97.